The molecule has 25 heavy (non-hydrogen) atoms. The van der Waals surface area contributed by atoms with E-state index in [0.29, 0.717) is 13.1 Å². The van der Waals surface area contributed by atoms with Gasteiger partial charge in [-0.1, -0.05) is 0 Å². The van der Waals surface area contributed by atoms with Crippen molar-refractivity contribution in [1.29, 1.82) is 0 Å². The lowest BCUT2D eigenvalue weighted by atomic mass is 10.3. The molecule has 1 saturated carbocycles. The molecule has 2 rings (SSSR count). The molecule has 1 aliphatic carbocycles. The molecule has 142 valence electrons. The first-order valence-electron chi connectivity index (χ1n) is 8.98. The molecular formula is C17H31IN6O. The highest BCUT2D eigenvalue weighted by molar-refractivity contribution is 14.0. The van der Waals surface area contributed by atoms with Gasteiger partial charge in [0.25, 0.3) is 0 Å². The molecule has 0 unspecified atom stereocenters. The number of nitrogens with one attached hydrogen (secondary N) is 3. The molecule has 1 fully saturated rings. The molecule has 8 heteroatoms. The number of aliphatic imine (C=N–C) groups is 1. The summed E-state index contributed by atoms with van der Waals surface area (Å²) in [6, 6.07) is 0. The molecule has 1 aromatic heterocycles. The fourth-order valence-corrected chi connectivity index (χ4v) is 2.42. The van der Waals surface area contributed by atoms with E-state index in [1.165, 1.54) is 0 Å². The first-order valence-corrected chi connectivity index (χ1v) is 8.98. The van der Waals surface area contributed by atoms with E-state index in [1.54, 1.807) is 0 Å². The summed E-state index contributed by atoms with van der Waals surface area (Å²) in [6.07, 6.45) is 8.05. The molecular weight excluding hydrogens is 431 g/mol. The molecule has 0 aromatic carbocycles. The number of carbonyl (C=O) groups is 1. The lowest BCUT2D eigenvalue weighted by Gasteiger charge is -2.12. The lowest BCUT2D eigenvalue weighted by molar-refractivity contribution is -0.122. The first kappa shape index (κ1) is 21.7. The van der Waals surface area contributed by atoms with Gasteiger partial charge < -0.3 is 20.5 Å². The maximum atomic E-state index is 11.5. The van der Waals surface area contributed by atoms with Gasteiger partial charge in [-0.3, -0.25) is 9.79 Å². The second-order valence-corrected chi connectivity index (χ2v) is 6.13. The van der Waals surface area contributed by atoms with Crippen LogP contribution < -0.4 is 16.0 Å². The molecule has 3 N–H and O–H groups in total. The number of hydrogen-bond donors (Lipinski definition) is 3. The monoisotopic (exact) mass is 462 g/mol. The molecule has 1 heterocycles. The number of unbranched alkanes of at least 4 members (excludes halogenated alkanes) is 1. The average molecular weight is 462 g/mol. The minimum atomic E-state index is 0. The number of imidazole rings is 1. The summed E-state index contributed by atoms with van der Waals surface area (Å²) in [7, 11) is 0. The highest BCUT2D eigenvalue weighted by atomic mass is 127. The van der Waals surface area contributed by atoms with Gasteiger partial charge in [0.05, 0.1) is 0 Å². The lowest BCUT2D eigenvalue weighted by Crippen LogP contribution is -2.41. The molecule has 0 bridgehead atoms. The van der Waals surface area contributed by atoms with Gasteiger partial charge >= 0.3 is 0 Å². The largest absolute Gasteiger partial charge is 0.357 e. The van der Waals surface area contributed by atoms with Crippen molar-refractivity contribution in [2.45, 2.75) is 46.1 Å². The van der Waals surface area contributed by atoms with Crippen LogP contribution in [0.3, 0.4) is 0 Å². The Morgan fingerprint density at radius 1 is 1.28 bits per heavy atom. The summed E-state index contributed by atoms with van der Waals surface area (Å²) < 4.78 is 2.16. The standard InChI is InChI=1S/C17H30N6O.HI/c1-3-18-17(22-10-9-20-16(24)15-6-7-15)21-8-4-5-12-23-13-11-19-14(23)2;/h11,13,15H,3-10,12H2,1-2H3,(H,20,24)(H2,18,21,22);1H. The Bertz CT molecular complexity index is 541. The fourth-order valence-electron chi connectivity index (χ4n) is 2.42. The van der Waals surface area contributed by atoms with Crippen molar-refractivity contribution in [2.75, 3.05) is 26.2 Å². The quantitative estimate of drug-likeness (QED) is 0.214. The number of nitrogens with zero attached hydrogens (tertiary/aromatic N) is 3. The second kappa shape index (κ2) is 12.1. The van der Waals surface area contributed by atoms with Crippen LogP contribution in [-0.2, 0) is 11.3 Å². The van der Waals surface area contributed by atoms with Crippen LogP contribution >= 0.6 is 24.0 Å². The number of aromatic nitrogens is 2. The Hall–Kier alpha value is -1.32. The zero-order valence-corrected chi connectivity index (χ0v) is 17.6. The predicted molar refractivity (Wildman–Crippen MR) is 111 cm³/mol. The van der Waals surface area contributed by atoms with Crippen LogP contribution in [0.15, 0.2) is 17.4 Å². The van der Waals surface area contributed by atoms with Gasteiger partial charge in [-0.15, -0.1) is 24.0 Å². The van der Waals surface area contributed by atoms with Crippen molar-refractivity contribution in [3.63, 3.8) is 0 Å². The van der Waals surface area contributed by atoms with Crippen molar-refractivity contribution in [2.24, 2.45) is 10.9 Å². The van der Waals surface area contributed by atoms with E-state index in [1.807, 2.05) is 26.2 Å². The smallest absolute Gasteiger partial charge is 0.223 e. The second-order valence-electron chi connectivity index (χ2n) is 6.13. The minimum Gasteiger partial charge on any atom is -0.357 e. The number of aryl methyl sites for hydroxylation is 2. The Labute approximate surface area is 167 Å². The molecule has 0 radical (unpaired) electrons. The number of carbonyl (C=O) groups excluding carboxylic acids is 1. The van der Waals surface area contributed by atoms with Crippen LogP contribution in [0.2, 0.25) is 0 Å². The average Bonchev–Trinajstić information content (AvgIpc) is 3.34. The zero-order valence-electron chi connectivity index (χ0n) is 15.3. The van der Waals surface area contributed by atoms with Crippen LogP contribution in [0.25, 0.3) is 0 Å². The predicted octanol–water partition coefficient (Wildman–Crippen LogP) is 1.67. The highest BCUT2D eigenvalue weighted by Gasteiger charge is 2.28. The summed E-state index contributed by atoms with van der Waals surface area (Å²) in [5.41, 5.74) is 0. The van der Waals surface area contributed by atoms with E-state index < -0.39 is 0 Å². The zero-order chi connectivity index (χ0) is 17.2. The van der Waals surface area contributed by atoms with Gasteiger partial charge in [0.2, 0.25) is 5.91 Å². The Morgan fingerprint density at radius 2 is 2.04 bits per heavy atom. The van der Waals surface area contributed by atoms with Crippen molar-refractivity contribution in [3.8, 4) is 0 Å². The van der Waals surface area contributed by atoms with Crippen molar-refractivity contribution >= 4 is 35.8 Å². The van der Waals surface area contributed by atoms with Crippen molar-refractivity contribution in [1.82, 2.24) is 25.5 Å². The molecule has 0 saturated heterocycles. The molecule has 1 aromatic rings. The molecule has 1 aliphatic rings. The number of guanidine groups is 1. The minimum absolute atomic E-state index is 0. The van der Waals surface area contributed by atoms with Gasteiger partial charge in [0, 0.05) is 51.0 Å². The molecule has 7 nitrogen and oxygen atoms in total. The van der Waals surface area contributed by atoms with E-state index in [0.717, 1.165) is 57.1 Å². The van der Waals surface area contributed by atoms with Gasteiger partial charge in [0.1, 0.15) is 5.82 Å². The number of rotatable bonds is 10. The number of halogens is 1. The van der Waals surface area contributed by atoms with E-state index in [-0.39, 0.29) is 35.8 Å². The van der Waals surface area contributed by atoms with Gasteiger partial charge in [-0.2, -0.15) is 0 Å². The topological polar surface area (TPSA) is 83.3 Å². The molecule has 0 aliphatic heterocycles. The Morgan fingerprint density at radius 3 is 2.68 bits per heavy atom. The summed E-state index contributed by atoms with van der Waals surface area (Å²) in [5.74, 6) is 2.33. The third-order valence-electron chi connectivity index (χ3n) is 4.01. The van der Waals surface area contributed by atoms with Crippen LogP contribution in [0.5, 0.6) is 0 Å². The number of amides is 1. The van der Waals surface area contributed by atoms with Crippen molar-refractivity contribution in [3.05, 3.63) is 18.2 Å². The maximum absolute atomic E-state index is 11.5. The fraction of sp³-hybridized carbons (Fsp3) is 0.706. The van der Waals surface area contributed by atoms with Crippen molar-refractivity contribution < 1.29 is 4.79 Å². The van der Waals surface area contributed by atoms with Gasteiger partial charge in [-0.25, -0.2) is 4.98 Å². The molecule has 0 spiro atoms. The van der Waals surface area contributed by atoms with E-state index >= 15 is 0 Å². The highest BCUT2D eigenvalue weighted by Crippen LogP contribution is 2.28. The van der Waals surface area contributed by atoms with E-state index in [9.17, 15) is 4.79 Å². The number of hydrogen-bond acceptors (Lipinski definition) is 3. The maximum Gasteiger partial charge on any atom is 0.223 e. The summed E-state index contributed by atoms with van der Waals surface area (Å²) in [6.45, 7) is 8.00. The third-order valence-corrected chi connectivity index (χ3v) is 4.01. The summed E-state index contributed by atoms with van der Waals surface area (Å²) in [5, 5.41) is 9.43. The summed E-state index contributed by atoms with van der Waals surface area (Å²) in [4.78, 5) is 20.3. The SMILES string of the molecule is CCNC(=NCCCCn1ccnc1C)NCCNC(=O)C1CC1.I. The van der Waals surface area contributed by atoms with Crippen LogP contribution in [-0.4, -0.2) is 47.6 Å². The Kier molecular flexibility index (Phi) is 10.5. The van der Waals surface area contributed by atoms with E-state index in [2.05, 4.69) is 30.5 Å². The molecule has 0 atom stereocenters. The Balaban J connectivity index is 0.00000312. The first-order chi connectivity index (χ1) is 11.7. The van der Waals surface area contributed by atoms with Crippen LogP contribution in [0.1, 0.15) is 38.4 Å². The third kappa shape index (κ3) is 8.55. The van der Waals surface area contributed by atoms with Gasteiger partial charge in [-0.05, 0) is 39.5 Å². The van der Waals surface area contributed by atoms with E-state index in [4.69, 9.17) is 0 Å². The van der Waals surface area contributed by atoms with Crippen LogP contribution in [0, 0.1) is 12.8 Å². The summed E-state index contributed by atoms with van der Waals surface area (Å²) >= 11 is 0. The normalized spacial score (nSPS) is 13.9. The van der Waals surface area contributed by atoms with Gasteiger partial charge in [0.15, 0.2) is 5.96 Å². The van der Waals surface area contributed by atoms with Crippen LogP contribution in [0.4, 0.5) is 0 Å². The molecule has 1 amide bonds.